The Morgan fingerprint density at radius 3 is 2.54 bits per heavy atom. The Bertz CT molecular complexity index is 655. The molecule has 0 bridgehead atoms. The maximum Gasteiger partial charge on any atom is 0.193 e. The maximum atomic E-state index is 5.55. The van der Waals surface area contributed by atoms with Gasteiger partial charge in [0.15, 0.2) is 5.96 Å². The molecule has 0 aliphatic rings. The summed E-state index contributed by atoms with van der Waals surface area (Å²) in [7, 11) is 7.92. The third kappa shape index (κ3) is 4.85. The van der Waals surface area contributed by atoms with Gasteiger partial charge in [-0.1, -0.05) is 34.1 Å². The number of rotatable bonds is 6. The van der Waals surface area contributed by atoms with Crippen LogP contribution in [-0.2, 0) is 6.54 Å². The smallest absolute Gasteiger partial charge is 0.193 e. The van der Waals surface area contributed by atoms with Crippen molar-refractivity contribution in [3.63, 3.8) is 0 Å². The van der Waals surface area contributed by atoms with Crippen LogP contribution in [0.1, 0.15) is 17.4 Å². The molecular weight excluding hydrogens is 368 g/mol. The molecule has 1 aromatic carbocycles. The standard InChI is InChI=1S/C18H25BrN4O/c1-20-18(23(4)13-14-8-5-6-9-15(14)19)21-12-16(22(2)3)17-10-7-11-24-17/h5-11,16H,12-13H2,1-4H3,(H,20,21). The van der Waals surface area contributed by atoms with E-state index in [1.807, 2.05) is 45.4 Å². The van der Waals surface area contributed by atoms with Gasteiger partial charge < -0.3 is 14.6 Å². The predicted molar refractivity (Wildman–Crippen MR) is 102 cm³/mol. The van der Waals surface area contributed by atoms with Crippen molar-refractivity contribution in [2.24, 2.45) is 4.99 Å². The van der Waals surface area contributed by atoms with Gasteiger partial charge in [-0.3, -0.25) is 9.89 Å². The molecule has 1 unspecified atom stereocenters. The van der Waals surface area contributed by atoms with Gasteiger partial charge in [0.2, 0.25) is 0 Å². The number of halogens is 1. The summed E-state index contributed by atoms with van der Waals surface area (Å²) >= 11 is 3.60. The number of hydrogen-bond acceptors (Lipinski definition) is 3. The fourth-order valence-electron chi connectivity index (χ4n) is 2.55. The summed E-state index contributed by atoms with van der Waals surface area (Å²) in [4.78, 5) is 8.63. The molecular formula is C18H25BrN4O. The first-order valence-electron chi connectivity index (χ1n) is 7.88. The van der Waals surface area contributed by atoms with E-state index >= 15 is 0 Å². The lowest BCUT2D eigenvalue weighted by Crippen LogP contribution is -2.42. The van der Waals surface area contributed by atoms with E-state index in [1.165, 1.54) is 5.56 Å². The van der Waals surface area contributed by atoms with Crippen LogP contribution in [0.15, 0.2) is 56.5 Å². The molecule has 6 heteroatoms. The van der Waals surface area contributed by atoms with E-state index < -0.39 is 0 Å². The minimum Gasteiger partial charge on any atom is -0.468 e. The molecule has 2 aromatic rings. The molecule has 0 saturated heterocycles. The van der Waals surface area contributed by atoms with Crippen molar-refractivity contribution in [3.05, 3.63) is 58.5 Å². The molecule has 1 N–H and O–H groups in total. The third-order valence-electron chi connectivity index (χ3n) is 3.89. The lowest BCUT2D eigenvalue weighted by atomic mass is 10.2. The van der Waals surface area contributed by atoms with Gasteiger partial charge in [-0.15, -0.1) is 0 Å². The van der Waals surface area contributed by atoms with Crippen LogP contribution in [0.5, 0.6) is 0 Å². The van der Waals surface area contributed by atoms with Crippen molar-refractivity contribution in [2.45, 2.75) is 12.6 Å². The normalized spacial score (nSPS) is 13.2. The fourth-order valence-corrected chi connectivity index (χ4v) is 2.96. The average Bonchev–Trinajstić information content (AvgIpc) is 3.07. The Kier molecular flexibility index (Phi) is 6.87. The van der Waals surface area contributed by atoms with E-state index in [2.05, 4.69) is 48.2 Å². The van der Waals surface area contributed by atoms with E-state index in [0.29, 0.717) is 6.54 Å². The van der Waals surface area contributed by atoms with Crippen LogP contribution in [0.3, 0.4) is 0 Å². The Hall–Kier alpha value is -1.79. The fraction of sp³-hybridized carbons (Fsp3) is 0.389. The third-order valence-corrected chi connectivity index (χ3v) is 4.66. The Morgan fingerprint density at radius 1 is 1.21 bits per heavy atom. The summed E-state index contributed by atoms with van der Waals surface area (Å²) in [5.74, 6) is 1.79. The molecule has 5 nitrogen and oxygen atoms in total. The molecule has 2 rings (SSSR count). The first-order chi connectivity index (χ1) is 11.5. The molecule has 0 saturated carbocycles. The number of nitrogens with zero attached hydrogens (tertiary/aromatic N) is 3. The first kappa shape index (κ1) is 18.5. The van der Waals surface area contributed by atoms with Crippen molar-refractivity contribution < 1.29 is 4.42 Å². The summed E-state index contributed by atoms with van der Waals surface area (Å²) in [5.41, 5.74) is 1.22. The van der Waals surface area contributed by atoms with Crippen LogP contribution in [0.2, 0.25) is 0 Å². The summed E-state index contributed by atoms with van der Waals surface area (Å²) in [6.45, 7) is 1.49. The lowest BCUT2D eigenvalue weighted by molar-refractivity contribution is 0.256. The second-order valence-corrected chi connectivity index (χ2v) is 6.72. The number of nitrogens with one attached hydrogen (secondary N) is 1. The highest BCUT2D eigenvalue weighted by Crippen LogP contribution is 2.19. The van der Waals surface area contributed by atoms with Gasteiger partial charge in [0.1, 0.15) is 5.76 Å². The molecule has 0 radical (unpaired) electrons. The number of likely N-dealkylation sites (N-methyl/N-ethyl adjacent to an activating group) is 1. The van der Waals surface area contributed by atoms with Crippen LogP contribution in [0, 0.1) is 0 Å². The van der Waals surface area contributed by atoms with Gasteiger partial charge in [0.25, 0.3) is 0 Å². The minimum absolute atomic E-state index is 0.147. The molecule has 1 heterocycles. The lowest BCUT2D eigenvalue weighted by Gasteiger charge is -2.27. The quantitative estimate of drug-likeness (QED) is 0.604. The number of benzene rings is 1. The highest BCUT2D eigenvalue weighted by molar-refractivity contribution is 9.10. The Labute approximate surface area is 152 Å². The van der Waals surface area contributed by atoms with Gasteiger partial charge in [0, 0.05) is 31.7 Å². The van der Waals surface area contributed by atoms with E-state index in [-0.39, 0.29) is 6.04 Å². The second kappa shape index (κ2) is 8.89. The van der Waals surface area contributed by atoms with Gasteiger partial charge >= 0.3 is 0 Å². The van der Waals surface area contributed by atoms with E-state index in [9.17, 15) is 0 Å². The predicted octanol–water partition coefficient (Wildman–Crippen LogP) is 3.35. The van der Waals surface area contributed by atoms with Gasteiger partial charge in [-0.25, -0.2) is 0 Å². The van der Waals surface area contributed by atoms with Crippen molar-refractivity contribution >= 4 is 21.9 Å². The van der Waals surface area contributed by atoms with Crippen molar-refractivity contribution in [1.29, 1.82) is 0 Å². The number of aliphatic imine (C=N–C) groups is 1. The molecule has 0 aliphatic heterocycles. The summed E-state index contributed by atoms with van der Waals surface area (Å²) < 4.78 is 6.66. The van der Waals surface area contributed by atoms with E-state index in [0.717, 1.165) is 22.7 Å². The van der Waals surface area contributed by atoms with E-state index in [1.54, 1.807) is 13.3 Å². The van der Waals surface area contributed by atoms with E-state index in [4.69, 9.17) is 4.42 Å². The van der Waals surface area contributed by atoms with Crippen molar-refractivity contribution in [3.8, 4) is 0 Å². The zero-order valence-electron chi connectivity index (χ0n) is 14.7. The maximum absolute atomic E-state index is 5.55. The molecule has 130 valence electrons. The summed E-state index contributed by atoms with van der Waals surface area (Å²) in [6, 6.07) is 12.3. The second-order valence-electron chi connectivity index (χ2n) is 5.87. The van der Waals surface area contributed by atoms with Gasteiger partial charge in [0.05, 0.1) is 12.3 Å². The zero-order valence-corrected chi connectivity index (χ0v) is 16.2. The highest BCUT2D eigenvalue weighted by atomic mass is 79.9. The molecule has 1 atom stereocenters. The summed E-state index contributed by atoms with van der Waals surface area (Å²) in [5, 5.41) is 3.44. The van der Waals surface area contributed by atoms with Crippen LogP contribution in [-0.4, -0.2) is 50.5 Å². The van der Waals surface area contributed by atoms with Crippen LogP contribution >= 0.6 is 15.9 Å². The van der Waals surface area contributed by atoms with Crippen LogP contribution in [0.4, 0.5) is 0 Å². The molecule has 0 aliphatic carbocycles. The van der Waals surface area contributed by atoms with Crippen molar-refractivity contribution in [1.82, 2.24) is 15.1 Å². The minimum atomic E-state index is 0.147. The van der Waals surface area contributed by atoms with Gasteiger partial charge in [-0.2, -0.15) is 0 Å². The van der Waals surface area contributed by atoms with Crippen molar-refractivity contribution in [2.75, 3.05) is 34.7 Å². The Morgan fingerprint density at radius 2 is 1.96 bits per heavy atom. The molecule has 24 heavy (non-hydrogen) atoms. The first-order valence-corrected chi connectivity index (χ1v) is 8.67. The van der Waals surface area contributed by atoms with Crippen LogP contribution in [0.25, 0.3) is 0 Å². The molecule has 1 aromatic heterocycles. The number of furan rings is 1. The van der Waals surface area contributed by atoms with Gasteiger partial charge in [-0.05, 0) is 37.9 Å². The Balaban J connectivity index is 2.00. The monoisotopic (exact) mass is 392 g/mol. The summed E-state index contributed by atoms with van der Waals surface area (Å²) in [6.07, 6.45) is 1.71. The largest absolute Gasteiger partial charge is 0.468 e. The number of guanidine groups is 1. The molecule has 0 spiro atoms. The topological polar surface area (TPSA) is 44.0 Å². The highest BCUT2D eigenvalue weighted by Gasteiger charge is 2.18. The number of hydrogen-bond donors (Lipinski definition) is 1. The molecule has 0 fully saturated rings. The average molecular weight is 393 g/mol. The van der Waals surface area contributed by atoms with Crippen LogP contribution < -0.4 is 5.32 Å². The SMILES string of the molecule is CN=C(NCC(c1ccco1)N(C)C)N(C)Cc1ccccc1Br. The molecule has 0 amide bonds. The zero-order chi connectivity index (χ0) is 17.5.